The SMILES string of the molecule is CNC1(CC(=O)C2CCCOC2)CCCCC1. The zero-order chi connectivity index (χ0) is 12.1. The van der Waals surface area contributed by atoms with Crippen LogP contribution in [0.25, 0.3) is 0 Å². The van der Waals surface area contributed by atoms with Gasteiger partial charge in [0.2, 0.25) is 0 Å². The van der Waals surface area contributed by atoms with Crippen molar-refractivity contribution >= 4 is 5.78 Å². The van der Waals surface area contributed by atoms with Gasteiger partial charge in [0.15, 0.2) is 0 Å². The van der Waals surface area contributed by atoms with E-state index in [1.54, 1.807) is 0 Å². The molecule has 1 heterocycles. The van der Waals surface area contributed by atoms with E-state index in [1.165, 1.54) is 19.3 Å². The molecule has 1 aliphatic carbocycles. The largest absolute Gasteiger partial charge is 0.381 e. The van der Waals surface area contributed by atoms with E-state index in [-0.39, 0.29) is 11.5 Å². The lowest BCUT2D eigenvalue weighted by atomic mass is 9.76. The van der Waals surface area contributed by atoms with Crippen molar-refractivity contribution in [2.24, 2.45) is 5.92 Å². The molecule has 2 rings (SSSR count). The fourth-order valence-electron chi connectivity index (χ4n) is 3.22. The Labute approximate surface area is 104 Å². The second-order valence-corrected chi connectivity index (χ2v) is 5.65. The summed E-state index contributed by atoms with van der Waals surface area (Å²) in [4.78, 5) is 12.3. The third-order valence-electron chi connectivity index (χ3n) is 4.47. The topological polar surface area (TPSA) is 38.3 Å². The normalized spacial score (nSPS) is 28.9. The maximum absolute atomic E-state index is 12.3. The molecule has 1 saturated carbocycles. The summed E-state index contributed by atoms with van der Waals surface area (Å²) in [5.74, 6) is 0.580. The Bertz CT molecular complexity index is 253. The number of ketones is 1. The van der Waals surface area contributed by atoms with Crippen molar-refractivity contribution in [3.8, 4) is 0 Å². The lowest BCUT2D eigenvalue weighted by molar-refractivity contribution is -0.128. The van der Waals surface area contributed by atoms with Gasteiger partial charge < -0.3 is 10.1 Å². The standard InChI is InChI=1S/C14H25NO2/c1-15-14(7-3-2-4-8-14)10-13(16)12-6-5-9-17-11-12/h12,15H,2-11H2,1H3. The van der Waals surface area contributed by atoms with Gasteiger partial charge in [0.05, 0.1) is 6.61 Å². The number of carbonyl (C=O) groups is 1. The molecule has 2 fully saturated rings. The number of Topliss-reactive ketones (excluding diaryl/α,β-unsaturated/α-hetero) is 1. The van der Waals surface area contributed by atoms with Crippen molar-refractivity contribution in [3.05, 3.63) is 0 Å². The van der Waals surface area contributed by atoms with Crippen LogP contribution in [-0.2, 0) is 9.53 Å². The average Bonchev–Trinajstić information content (AvgIpc) is 2.41. The molecule has 1 atom stereocenters. The smallest absolute Gasteiger partial charge is 0.140 e. The van der Waals surface area contributed by atoms with Crippen LogP contribution in [-0.4, -0.2) is 31.6 Å². The molecule has 1 unspecified atom stereocenters. The molecule has 0 aromatic carbocycles. The van der Waals surface area contributed by atoms with Crippen molar-refractivity contribution in [2.75, 3.05) is 20.3 Å². The van der Waals surface area contributed by atoms with Crippen molar-refractivity contribution in [1.82, 2.24) is 5.32 Å². The van der Waals surface area contributed by atoms with Gasteiger partial charge in [-0.15, -0.1) is 0 Å². The van der Waals surface area contributed by atoms with E-state index in [9.17, 15) is 4.79 Å². The first kappa shape index (κ1) is 13.0. The molecule has 0 aromatic heterocycles. The summed E-state index contributed by atoms with van der Waals surface area (Å²) in [5.41, 5.74) is 0.0901. The molecule has 1 N–H and O–H groups in total. The van der Waals surface area contributed by atoms with E-state index in [0.29, 0.717) is 18.8 Å². The Morgan fingerprint density at radius 2 is 2.06 bits per heavy atom. The highest BCUT2D eigenvalue weighted by molar-refractivity contribution is 5.82. The van der Waals surface area contributed by atoms with Crippen LogP contribution in [0.2, 0.25) is 0 Å². The summed E-state index contributed by atoms with van der Waals surface area (Å²) >= 11 is 0. The molecule has 0 amide bonds. The first-order chi connectivity index (χ1) is 8.26. The Morgan fingerprint density at radius 3 is 2.65 bits per heavy atom. The van der Waals surface area contributed by atoms with E-state index in [1.807, 2.05) is 7.05 Å². The summed E-state index contributed by atoms with van der Waals surface area (Å²) in [7, 11) is 2.01. The highest BCUT2D eigenvalue weighted by Gasteiger charge is 2.35. The summed E-state index contributed by atoms with van der Waals surface area (Å²) in [6.45, 7) is 1.49. The van der Waals surface area contributed by atoms with Crippen LogP contribution in [0.3, 0.4) is 0 Å². The number of carbonyl (C=O) groups excluding carboxylic acids is 1. The molecule has 17 heavy (non-hydrogen) atoms. The average molecular weight is 239 g/mol. The van der Waals surface area contributed by atoms with Gasteiger partial charge in [-0.3, -0.25) is 4.79 Å². The van der Waals surface area contributed by atoms with E-state index in [2.05, 4.69) is 5.32 Å². The van der Waals surface area contributed by atoms with Crippen molar-refractivity contribution in [2.45, 2.75) is 56.9 Å². The second-order valence-electron chi connectivity index (χ2n) is 5.65. The predicted molar refractivity (Wildman–Crippen MR) is 68.0 cm³/mol. The van der Waals surface area contributed by atoms with Crippen LogP contribution in [0, 0.1) is 5.92 Å². The Balaban J connectivity index is 1.90. The third-order valence-corrected chi connectivity index (χ3v) is 4.47. The molecule has 1 saturated heterocycles. The Hall–Kier alpha value is -0.410. The molecule has 1 aliphatic heterocycles. The highest BCUT2D eigenvalue weighted by Crippen LogP contribution is 2.32. The van der Waals surface area contributed by atoms with E-state index in [4.69, 9.17) is 4.74 Å². The minimum absolute atomic E-state index is 0.0901. The Kier molecular flexibility index (Phi) is 4.57. The number of hydrogen-bond donors (Lipinski definition) is 1. The van der Waals surface area contributed by atoms with E-state index >= 15 is 0 Å². The summed E-state index contributed by atoms with van der Waals surface area (Å²) < 4.78 is 5.42. The van der Waals surface area contributed by atoms with Crippen LogP contribution in [0.15, 0.2) is 0 Å². The van der Waals surface area contributed by atoms with Crippen LogP contribution in [0.4, 0.5) is 0 Å². The van der Waals surface area contributed by atoms with Gasteiger partial charge >= 0.3 is 0 Å². The summed E-state index contributed by atoms with van der Waals surface area (Å²) in [6.07, 6.45) is 8.93. The molecule has 2 aliphatic rings. The van der Waals surface area contributed by atoms with Gasteiger partial charge in [-0.2, -0.15) is 0 Å². The molecule has 3 heteroatoms. The van der Waals surface area contributed by atoms with Gasteiger partial charge in [0, 0.05) is 24.5 Å². The monoisotopic (exact) mass is 239 g/mol. The zero-order valence-corrected chi connectivity index (χ0v) is 11.0. The van der Waals surface area contributed by atoms with Crippen molar-refractivity contribution in [1.29, 1.82) is 0 Å². The quantitative estimate of drug-likeness (QED) is 0.818. The van der Waals surface area contributed by atoms with Crippen LogP contribution in [0.1, 0.15) is 51.4 Å². The third kappa shape index (κ3) is 3.29. The summed E-state index contributed by atoms with van der Waals surface area (Å²) in [5, 5.41) is 3.43. The minimum atomic E-state index is 0.0901. The first-order valence-electron chi connectivity index (χ1n) is 7.05. The van der Waals surface area contributed by atoms with Crippen LogP contribution in [0.5, 0.6) is 0 Å². The summed E-state index contributed by atoms with van der Waals surface area (Å²) in [6, 6.07) is 0. The maximum Gasteiger partial charge on any atom is 0.140 e. The molecule has 98 valence electrons. The van der Waals surface area contributed by atoms with Crippen LogP contribution >= 0.6 is 0 Å². The molecule has 0 aromatic rings. The number of rotatable bonds is 4. The zero-order valence-electron chi connectivity index (χ0n) is 11.0. The number of nitrogens with one attached hydrogen (secondary N) is 1. The van der Waals surface area contributed by atoms with Gasteiger partial charge in [-0.05, 0) is 32.7 Å². The second kappa shape index (κ2) is 5.96. The van der Waals surface area contributed by atoms with Crippen molar-refractivity contribution < 1.29 is 9.53 Å². The van der Waals surface area contributed by atoms with Crippen molar-refractivity contribution in [3.63, 3.8) is 0 Å². The first-order valence-corrected chi connectivity index (χ1v) is 7.05. The lowest BCUT2D eigenvalue weighted by Crippen LogP contribution is -2.47. The molecule has 0 bridgehead atoms. The minimum Gasteiger partial charge on any atom is -0.381 e. The highest BCUT2D eigenvalue weighted by atomic mass is 16.5. The maximum atomic E-state index is 12.3. The lowest BCUT2D eigenvalue weighted by Gasteiger charge is -2.38. The van der Waals surface area contributed by atoms with Gasteiger partial charge in [0.1, 0.15) is 5.78 Å². The molecule has 0 spiro atoms. The molecular formula is C14H25NO2. The predicted octanol–water partition coefficient (Wildman–Crippen LogP) is 2.29. The van der Waals surface area contributed by atoms with Gasteiger partial charge in [0.25, 0.3) is 0 Å². The fourth-order valence-corrected chi connectivity index (χ4v) is 3.22. The van der Waals surface area contributed by atoms with E-state index < -0.39 is 0 Å². The number of ether oxygens (including phenoxy) is 1. The van der Waals surface area contributed by atoms with Gasteiger partial charge in [-0.1, -0.05) is 19.3 Å². The van der Waals surface area contributed by atoms with Gasteiger partial charge in [-0.25, -0.2) is 0 Å². The molecular weight excluding hydrogens is 214 g/mol. The molecule has 0 radical (unpaired) electrons. The molecule has 3 nitrogen and oxygen atoms in total. The van der Waals surface area contributed by atoms with Crippen LogP contribution < -0.4 is 5.32 Å². The number of hydrogen-bond acceptors (Lipinski definition) is 3. The Morgan fingerprint density at radius 1 is 1.29 bits per heavy atom. The fraction of sp³-hybridized carbons (Fsp3) is 0.929. The van der Waals surface area contributed by atoms with E-state index in [0.717, 1.165) is 32.3 Å².